The maximum absolute atomic E-state index is 12.1. The lowest BCUT2D eigenvalue weighted by molar-refractivity contribution is -0.131. The summed E-state index contributed by atoms with van der Waals surface area (Å²) in [6.45, 7) is 5.85. The van der Waals surface area contributed by atoms with Gasteiger partial charge in [-0.25, -0.2) is 0 Å². The van der Waals surface area contributed by atoms with Crippen LogP contribution in [0.5, 0.6) is 0 Å². The van der Waals surface area contributed by atoms with Crippen molar-refractivity contribution in [1.82, 2.24) is 10.2 Å². The Kier molecular flexibility index (Phi) is 9.85. The SMILES string of the molecule is C=CCN(Cc1ccccc1)C(=O)CCCNC.Cl. The maximum atomic E-state index is 12.1. The number of benzene rings is 1. The lowest BCUT2D eigenvalue weighted by atomic mass is 10.2. The van der Waals surface area contributed by atoms with Gasteiger partial charge in [-0.2, -0.15) is 0 Å². The average molecular weight is 283 g/mol. The minimum absolute atomic E-state index is 0. The molecule has 1 N–H and O–H groups in total. The molecule has 0 aromatic heterocycles. The predicted molar refractivity (Wildman–Crippen MR) is 82.5 cm³/mol. The molecule has 1 amide bonds. The summed E-state index contributed by atoms with van der Waals surface area (Å²) < 4.78 is 0. The van der Waals surface area contributed by atoms with Crippen molar-refractivity contribution in [3.8, 4) is 0 Å². The Morgan fingerprint density at radius 2 is 2.05 bits per heavy atom. The van der Waals surface area contributed by atoms with Crippen molar-refractivity contribution in [3.05, 3.63) is 48.6 Å². The van der Waals surface area contributed by atoms with Gasteiger partial charge in [0.2, 0.25) is 5.91 Å². The zero-order valence-electron chi connectivity index (χ0n) is 11.5. The first kappa shape index (κ1) is 17.7. The molecule has 0 radical (unpaired) electrons. The third-order valence-corrected chi connectivity index (χ3v) is 2.74. The summed E-state index contributed by atoms with van der Waals surface area (Å²) in [6.07, 6.45) is 3.23. The van der Waals surface area contributed by atoms with E-state index in [2.05, 4.69) is 11.9 Å². The van der Waals surface area contributed by atoms with Gasteiger partial charge in [0.05, 0.1) is 0 Å². The molecule has 19 heavy (non-hydrogen) atoms. The highest BCUT2D eigenvalue weighted by molar-refractivity contribution is 5.85. The smallest absolute Gasteiger partial charge is 0.223 e. The molecular weight excluding hydrogens is 260 g/mol. The van der Waals surface area contributed by atoms with Crippen LogP contribution in [-0.2, 0) is 11.3 Å². The van der Waals surface area contributed by atoms with Gasteiger partial charge < -0.3 is 10.2 Å². The van der Waals surface area contributed by atoms with E-state index in [9.17, 15) is 4.79 Å². The van der Waals surface area contributed by atoms with Gasteiger partial charge in [-0.15, -0.1) is 19.0 Å². The van der Waals surface area contributed by atoms with Gasteiger partial charge in [0, 0.05) is 19.5 Å². The topological polar surface area (TPSA) is 32.3 Å². The first-order valence-corrected chi connectivity index (χ1v) is 6.35. The summed E-state index contributed by atoms with van der Waals surface area (Å²) in [5.74, 6) is 0.189. The fourth-order valence-corrected chi connectivity index (χ4v) is 1.79. The largest absolute Gasteiger partial charge is 0.335 e. The number of amides is 1. The Labute approximate surface area is 122 Å². The van der Waals surface area contributed by atoms with Crippen LogP contribution in [0.4, 0.5) is 0 Å². The Morgan fingerprint density at radius 1 is 1.37 bits per heavy atom. The molecule has 1 rings (SSSR count). The minimum atomic E-state index is 0. The third-order valence-electron chi connectivity index (χ3n) is 2.74. The highest BCUT2D eigenvalue weighted by Crippen LogP contribution is 2.07. The van der Waals surface area contributed by atoms with Crippen molar-refractivity contribution >= 4 is 18.3 Å². The van der Waals surface area contributed by atoms with E-state index in [1.165, 1.54) is 0 Å². The fraction of sp³-hybridized carbons (Fsp3) is 0.400. The van der Waals surface area contributed by atoms with Crippen LogP contribution in [-0.4, -0.2) is 30.9 Å². The van der Waals surface area contributed by atoms with Gasteiger partial charge in [-0.05, 0) is 25.6 Å². The second-order valence-corrected chi connectivity index (χ2v) is 4.26. The van der Waals surface area contributed by atoms with Crippen molar-refractivity contribution in [2.75, 3.05) is 20.1 Å². The van der Waals surface area contributed by atoms with Gasteiger partial charge in [0.1, 0.15) is 0 Å². The first-order valence-electron chi connectivity index (χ1n) is 6.35. The van der Waals surface area contributed by atoms with E-state index in [0.717, 1.165) is 18.5 Å². The summed E-state index contributed by atoms with van der Waals surface area (Å²) in [5, 5.41) is 3.05. The summed E-state index contributed by atoms with van der Waals surface area (Å²) in [6, 6.07) is 10.0. The van der Waals surface area contributed by atoms with Crippen LogP contribution in [0.1, 0.15) is 18.4 Å². The quantitative estimate of drug-likeness (QED) is 0.587. The standard InChI is InChI=1S/C15H22N2O.ClH/c1-3-12-17(15(18)10-7-11-16-2)13-14-8-5-4-6-9-14;/h3-6,8-9,16H,1,7,10-13H2,2H3;1H. The molecular formula is C15H23ClN2O. The van der Waals surface area contributed by atoms with Gasteiger partial charge >= 0.3 is 0 Å². The maximum Gasteiger partial charge on any atom is 0.223 e. The molecule has 0 bridgehead atoms. The van der Waals surface area contributed by atoms with E-state index in [1.807, 2.05) is 42.3 Å². The Morgan fingerprint density at radius 3 is 2.63 bits per heavy atom. The highest BCUT2D eigenvalue weighted by Gasteiger charge is 2.11. The summed E-state index contributed by atoms with van der Waals surface area (Å²) in [7, 11) is 1.90. The molecule has 0 spiro atoms. The molecule has 0 saturated heterocycles. The molecule has 0 unspecified atom stereocenters. The van der Waals surface area contributed by atoms with Gasteiger partial charge in [-0.3, -0.25) is 4.79 Å². The Bertz CT molecular complexity index is 368. The van der Waals surface area contributed by atoms with Crippen molar-refractivity contribution < 1.29 is 4.79 Å². The molecule has 106 valence electrons. The van der Waals surface area contributed by atoms with E-state index in [1.54, 1.807) is 6.08 Å². The molecule has 0 heterocycles. The summed E-state index contributed by atoms with van der Waals surface area (Å²) in [4.78, 5) is 13.9. The van der Waals surface area contributed by atoms with E-state index in [4.69, 9.17) is 0 Å². The summed E-state index contributed by atoms with van der Waals surface area (Å²) >= 11 is 0. The fourth-order valence-electron chi connectivity index (χ4n) is 1.79. The van der Waals surface area contributed by atoms with Crippen LogP contribution in [0.15, 0.2) is 43.0 Å². The number of halogens is 1. The highest BCUT2D eigenvalue weighted by atomic mass is 35.5. The molecule has 0 aliphatic rings. The molecule has 0 saturated carbocycles. The van der Waals surface area contributed by atoms with Gasteiger partial charge in [-0.1, -0.05) is 36.4 Å². The van der Waals surface area contributed by atoms with Gasteiger partial charge in [0.25, 0.3) is 0 Å². The van der Waals surface area contributed by atoms with E-state index in [0.29, 0.717) is 19.5 Å². The van der Waals surface area contributed by atoms with Crippen LogP contribution in [0.25, 0.3) is 0 Å². The number of hydrogen-bond donors (Lipinski definition) is 1. The van der Waals surface area contributed by atoms with Crippen LogP contribution >= 0.6 is 12.4 Å². The molecule has 1 aromatic carbocycles. The third kappa shape index (κ3) is 6.99. The number of hydrogen-bond acceptors (Lipinski definition) is 2. The second-order valence-electron chi connectivity index (χ2n) is 4.26. The lowest BCUT2D eigenvalue weighted by Crippen LogP contribution is -2.31. The monoisotopic (exact) mass is 282 g/mol. The normalized spacial score (nSPS) is 9.53. The molecule has 0 atom stereocenters. The van der Waals surface area contributed by atoms with Crippen molar-refractivity contribution in [2.24, 2.45) is 0 Å². The van der Waals surface area contributed by atoms with Crippen molar-refractivity contribution in [2.45, 2.75) is 19.4 Å². The summed E-state index contributed by atoms with van der Waals surface area (Å²) in [5.41, 5.74) is 1.15. The van der Waals surface area contributed by atoms with Gasteiger partial charge in [0.15, 0.2) is 0 Å². The predicted octanol–water partition coefficient (Wildman–Crippen LogP) is 2.62. The van der Waals surface area contributed by atoms with E-state index in [-0.39, 0.29) is 18.3 Å². The average Bonchev–Trinajstić information content (AvgIpc) is 2.39. The van der Waals surface area contributed by atoms with Crippen LogP contribution < -0.4 is 5.32 Å². The Hall–Kier alpha value is -1.32. The number of nitrogens with one attached hydrogen (secondary N) is 1. The van der Waals surface area contributed by atoms with Crippen LogP contribution in [0, 0.1) is 0 Å². The van der Waals surface area contributed by atoms with E-state index < -0.39 is 0 Å². The van der Waals surface area contributed by atoms with E-state index >= 15 is 0 Å². The number of nitrogens with zero attached hydrogens (tertiary/aromatic N) is 1. The molecule has 3 nitrogen and oxygen atoms in total. The Balaban J connectivity index is 0.00000324. The zero-order valence-corrected chi connectivity index (χ0v) is 12.3. The van der Waals surface area contributed by atoms with Crippen LogP contribution in [0.2, 0.25) is 0 Å². The molecule has 0 aliphatic carbocycles. The minimum Gasteiger partial charge on any atom is -0.335 e. The molecule has 4 heteroatoms. The van der Waals surface area contributed by atoms with Crippen LogP contribution in [0.3, 0.4) is 0 Å². The zero-order chi connectivity index (χ0) is 13.2. The second kappa shape index (κ2) is 10.6. The van der Waals surface area contributed by atoms with Crippen molar-refractivity contribution in [3.63, 3.8) is 0 Å². The lowest BCUT2D eigenvalue weighted by Gasteiger charge is -2.21. The first-order chi connectivity index (χ1) is 8.77. The van der Waals surface area contributed by atoms with Crippen molar-refractivity contribution in [1.29, 1.82) is 0 Å². The number of rotatable bonds is 8. The number of carbonyl (C=O) groups is 1. The number of carbonyl (C=O) groups excluding carboxylic acids is 1. The molecule has 0 aliphatic heterocycles. The molecule has 0 fully saturated rings. The molecule has 1 aromatic rings.